The van der Waals surface area contributed by atoms with Crippen LogP contribution in [0.15, 0.2) is 42.5 Å². The molecular weight excluding hydrogens is 232 g/mol. The van der Waals surface area contributed by atoms with Gasteiger partial charge in [-0.2, -0.15) is 0 Å². The van der Waals surface area contributed by atoms with Gasteiger partial charge < -0.3 is 0 Å². The first-order valence-corrected chi connectivity index (χ1v) is 6.72. The van der Waals surface area contributed by atoms with Crippen LogP contribution in [-0.2, 0) is 6.42 Å². The van der Waals surface area contributed by atoms with E-state index in [4.69, 9.17) is 0 Å². The summed E-state index contributed by atoms with van der Waals surface area (Å²) in [4.78, 5) is 12.1. The van der Waals surface area contributed by atoms with Gasteiger partial charge in [-0.05, 0) is 38.3 Å². The van der Waals surface area contributed by atoms with E-state index in [0.717, 1.165) is 12.0 Å². The summed E-state index contributed by atoms with van der Waals surface area (Å²) in [5.74, 6) is 0.223. The Kier molecular flexibility index (Phi) is 4.16. The van der Waals surface area contributed by atoms with Gasteiger partial charge in [-0.1, -0.05) is 53.6 Å². The monoisotopic (exact) mass is 252 g/mol. The Bertz CT molecular complexity index is 579. The molecule has 0 atom stereocenters. The Hall–Kier alpha value is -1.89. The Labute approximate surface area is 115 Å². The second-order valence-electron chi connectivity index (χ2n) is 5.22. The third-order valence-corrected chi connectivity index (χ3v) is 3.50. The van der Waals surface area contributed by atoms with Gasteiger partial charge in [0.05, 0.1) is 0 Å². The number of Topliss-reactive ketones (excluding diaryl/α,β-unsaturated/α-hetero) is 1. The van der Waals surface area contributed by atoms with Crippen LogP contribution in [-0.4, -0.2) is 5.78 Å². The van der Waals surface area contributed by atoms with Crippen LogP contribution >= 0.6 is 0 Å². The highest BCUT2D eigenvalue weighted by molar-refractivity contribution is 5.96. The number of carbonyl (C=O) groups excluding carboxylic acids is 1. The van der Waals surface area contributed by atoms with Crippen molar-refractivity contribution in [3.05, 3.63) is 70.3 Å². The Morgan fingerprint density at radius 3 is 2.21 bits per heavy atom. The lowest BCUT2D eigenvalue weighted by atomic mass is 9.98. The minimum Gasteiger partial charge on any atom is -0.294 e. The molecule has 0 N–H and O–H groups in total. The lowest BCUT2D eigenvalue weighted by Gasteiger charge is -2.07. The minimum atomic E-state index is 0.223. The average molecular weight is 252 g/mol. The number of benzene rings is 2. The maximum atomic E-state index is 12.1. The minimum absolute atomic E-state index is 0.223. The summed E-state index contributed by atoms with van der Waals surface area (Å²) in [5, 5.41) is 0. The van der Waals surface area contributed by atoms with Gasteiger partial charge in [0.1, 0.15) is 0 Å². The van der Waals surface area contributed by atoms with Crippen molar-refractivity contribution in [1.29, 1.82) is 0 Å². The summed E-state index contributed by atoms with van der Waals surface area (Å²) in [6.07, 6.45) is 1.40. The van der Waals surface area contributed by atoms with Crippen molar-refractivity contribution in [2.24, 2.45) is 0 Å². The third kappa shape index (κ3) is 3.54. The molecule has 0 fully saturated rings. The standard InChI is InChI=1S/C18H20O/c1-13-5-8-16(9-6-13)18(19)11-10-17-12-14(2)4-7-15(17)3/h4-9,12H,10-11H2,1-3H3. The predicted molar refractivity (Wildman–Crippen MR) is 79.7 cm³/mol. The third-order valence-electron chi connectivity index (χ3n) is 3.50. The highest BCUT2D eigenvalue weighted by Crippen LogP contribution is 2.15. The highest BCUT2D eigenvalue weighted by atomic mass is 16.1. The van der Waals surface area contributed by atoms with Gasteiger partial charge in [-0.3, -0.25) is 4.79 Å². The van der Waals surface area contributed by atoms with E-state index in [2.05, 4.69) is 32.0 Å². The summed E-state index contributed by atoms with van der Waals surface area (Å²) in [6.45, 7) is 6.22. The topological polar surface area (TPSA) is 17.1 Å². The van der Waals surface area contributed by atoms with Crippen LogP contribution in [0.5, 0.6) is 0 Å². The zero-order valence-electron chi connectivity index (χ0n) is 11.9. The fourth-order valence-corrected chi connectivity index (χ4v) is 2.20. The average Bonchev–Trinajstić information content (AvgIpc) is 2.40. The molecule has 19 heavy (non-hydrogen) atoms. The molecule has 0 unspecified atom stereocenters. The highest BCUT2D eigenvalue weighted by Gasteiger charge is 2.07. The van der Waals surface area contributed by atoms with Crippen LogP contribution < -0.4 is 0 Å². The van der Waals surface area contributed by atoms with Crippen molar-refractivity contribution in [1.82, 2.24) is 0 Å². The van der Waals surface area contributed by atoms with Crippen molar-refractivity contribution < 1.29 is 4.79 Å². The van der Waals surface area contributed by atoms with Crippen LogP contribution in [0.4, 0.5) is 0 Å². The molecule has 0 heterocycles. The van der Waals surface area contributed by atoms with Crippen LogP contribution in [0.25, 0.3) is 0 Å². The van der Waals surface area contributed by atoms with Crippen molar-refractivity contribution in [3.8, 4) is 0 Å². The molecule has 0 aliphatic heterocycles. The quantitative estimate of drug-likeness (QED) is 0.736. The molecule has 2 aromatic rings. The first-order chi connectivity index (χ1) is 9.06. The SMILES string of the molecule is Cc1ccc(C(=O)CCc2cc(C)ccc2C)cc1. The second-order valence-corrected chi connectivity index (χ2v) is 5.22. The number of carbonyl (C=O) groups is 1. The smallest absolute Gasteiger partial charge is 0.163 e. The molecule has 98 valence electrons. The summed E-state index contributed by atoms with van der Waals surface area (Å²) in [7, 11) is 0. The van der Waals surface area contributed by atoms with Gasteiger partial charge in [0.15, 0.2) is 5.78 Å². The van der Waals surface area contributed by atoms with E-state index < -0.39 is 0 Å². The summed E-state index contributed by atoms with van der Waals surface area (Å²) in [6, 6.07) is 14.2. The lowest BCUT2D eigenvalue weighted by molar-refractivity contribution is 0.0983. The maximum Gasteiger partial charge on any atom is 0.163 e. The molecule has 1 nitrogen and oxygen atoms in total. The molecule has 0 radical (unpaired) electrons. The zero-order valence-corrected chi connectivity index (χ0v) is 11.9. The van der Waals surface area contributed by atoms with Crippen molar-refractivity contribution in [2.75, 3.05) is 0 Å². The van der Waals surface area contributed by atoms with Gasteiger partial charge in [-0.15, -0.1) is 0 Å². The number of aryl methyl sites for hydroxylation is 4. The van der Waals surface area contributed by atoms with Crippen LogP contribution in [0.2, 0.25) is 0 Å². The molecular formula is C18H20O. The first-order valence-electron chi connectivity index (χ1n) is 6.72. The molecule has 0 aliphatic carbocycles. The molecule has 0 saturated carbocycles. The fourth-order valence-electron chi connectivity index (χ4n) is 2.20. The van der Waals surface area contributed by atoms with E-state index in [-0.39, 0.29) is 5.78 Å². The number of ketones is 1. The zero-order chi connectivity index (χ0) is 13.8. The normalized spacial score (nSPS) is 10.5. The molecule has 0 aromatic heterocycles. The fraction of sp³-hybridized carbons (Fsp3) is 0.278. The van der Waals surface area contributed by atoms with Gasteiger partial charge in [0, 0.05) is 12.0 Å². The Morgan fingerprint density at radius 2 is 1.53 bits per heavy atom. The molecule has 0 aliphatic rings. The van der Waals surface area contributed by atoms with Gasteiger partial charge in [0.25, 0.3) is 0 Å². The summed E-state index contributed by atoms with van der Waals surface area (Å²) >= 11 is 0. The first kappa shape index (κ1) is 13.5. The summed E-state index contributed by atoms with van der Waals surface area (Å²) < 4.78 is 0. The van der Waals surface area contributed by atoms with E-state index in [1.54, 1.807) is 0 Å². The number of hydrogen-bond acceptors (Lipinski definition) is 1. The molecule has 0 spiro atoms. The van der Waals surface area contributed by atoms with Gasteiger partial charge in [0.2, 0.25) is 0 Å². The van der Waals surface area contributed by atoms with Crippen LogP contribution in [0.1, 0.15) is 39.0 Å². The largest absolute Gasteiger partial charge is 0.294 e. The maximum absolute atomic E-state index is 12.1. The molecule has 1 heteroatoms. The summed E-state index contributed by atoms with van der Waals surface area (Å²) in [5.41, 5.74) is 5.80. The predicted octanol–water partition coefficient (Wildman–Crippen LogP) is 4.43. The molecule has 0 bridgehead atoms. The van der Waals surface area contributed by atoms with Crippen molar-refractivity contribution in [2.45, 2.75) is 33.6 Å². The van der Waals surface area contributed by atoms with Crippen molar-refractivity contribution in [3.63, 3.8) is 0 Å². The Balaban J connectivity index is 2.04. The molecule has 0 amide bonds. The molecule has 2 aromatic carbocycles. The van der Waals surface area contributed by atoms with E-state index in [1.807, 2.05) is 31.2 Å². The van der Waals surface area contributed by atoms with Crippen molar-refractivity contribution >= 4 is 5.78 Å². The second kappa shape index (κ2) is 5.83. The van der Waals surface area contributed by atoms with Crippen LogP contribution in [0.3, 0.4) is 0 Å². The van der Waals surface area contributed by atoms with Gasteiger partial charge in [-0.25, -0.2) is 0 Å². The van der Waals surface area contributed by atoms with Gasteiger partial charge >= 0.3 is 0 Å². The van der Waals surface area contributed by atoms with E-state index >= 15 is 0 Å². The Morgan fingerprint density at radius 1 is 0.895 bits per heavy atom. The molecule has 0 saturated heterocycles. The van der Waals surface area contributed by atoms with E-state index in [9.17, 15) is 4.79 Å². The number of hydrogen-bond donors (Lipinski definition) is 0. The van der Waals surface area contributed by atoms with Crippen LogP contribution in [0, 0.1) is 20.8 Å². The van der Waals surface area contributed by atoms with E-state index in [0.29, 0.717) is 6.42 Å². The van der Waals surface area contributed by atoms with E-state index in [1.165, 1.54) is 22.3 Å². The number of rotatable bonds is 4. The lowest BCUT2D eigenvalue weighted by Crippen LogP contribution is -2.02. The molecule has 2 rings (SSSR count).